The number of nitrogens with one attached hydrogen (secondary N) is 1. The minimum atomic E-state index is -0.170. The Morgan fingerprint density at radius 2 is 1.83 bits per heavy atom. The molecule has 0 saturated heterocycles. The molecule has 1 aromatic carbocycles. The molecule has 128 valence electrons. The van der Waals surface area contributed by atoms with E-state index in [1.807, 2.05) is 49.7 Å². The van der Waals surface area contributed by atoms with Crippen LogP contribution in [0.25, 0.3) is 0 Å². The molecule has 1 aromatic heterocycles. The van der Waals surface area contributed by atoms with Gasteiger partial charge in [0.05, 0.1) is 6.54 Å². The summed E-state index contributed by atoms with van der Waals surface area (Å²) in [6.45, 7) is 6.05. The van der Waals surface area contributed by atoms with Gasteiger partial charge in [0.2, 0.25) is 11.8 Å². The third-order valence-electron chi connectivity index (χ3n) is 3.96. The van der Waals surface area contributed by atoms with E-state index >= 15 is 0 Å². The van der Waals surface area contributed by atoms with Crippen LogP contribution in [0.3, 0.4) is 0 Å². The van der Waals surface area contributed by atoms with Gasteiger partial charge in [-0.1, -0.05) is 17.7 Å². The van der Waals surface area contributed by atoms with Crippen LogP contribution in [0.4, 0.5) is 5.69 Å². The summed E-state index contributed by atoms with van der Waals surface area (Å²) in [6.07, 6.45) is 1.13. The van der Waals surface area contributed by atoms with Crippen LogP contribution in [0, 0.1) is 20.8 Å². The molecule has 0 saturated carbocycles. The van der Waals surface area contributed by atoms with Gasteiger partial charge in [-0.05, 0) is 60.7 Å². The number of hydrogen-bond donors (Lipinski definition) is 1. The number of likely N-dealkylation sites (N-methyl/N-ethyl adjacent to an activating group) is 1. The van der Waals surface area contributed by atoms with Gasteiger partial charge in [0.25, 0.3) is 0 Å². The van der Waals surface area contributed by atoms with Crippen LogP contribution >= 0.6 is 11.3 Å². The summed E-state index contributed by atoms with van der Waals surface area (Å²) in [5.74, 6) is -0.190. The smallest absolute Gasteiger partial charge is 0.243 e. The minimum absolute atomic E-state index is 0.0197. The Labute approximate surface area is 147 Å². The van der Waals surface area contributed by atoms with E-state index in [0.717, 1.165) is 22.4 Å². The number of thiophene rings is 1. The molecular formula is C19H24N2O2S. The van der Waals surface area contributed by atoms with Gasteiger partial charge in [0, 0.05) is 19.2 Å². The SMILES string of the molecule is Cc1cc(C)c(NC(=O)CN(C)C(=O)CCc2ccsc2)c(C)c1. The van der Waals surface area contributed by atoms with Gasteiger partial charge in [-0.3, -0.25) is 9.59 Å². The largest absolute Gasteiger partial charge is 0.336 e. The highest BCUT2D eigenvalue weighted by molar-refractivity contribution is 7.07. The molecular weight excluding hydrogens is 320 g/mol. The maximum atomic E-state index is 12.2. The summed E-state index contributed by atoms with van der Waals surface area (Å²) in [6, 6.07) is 6.10. The fraction of sp³-hybridized carbons (Fsp3) is 0.368. The van der Waals surface area contributed by atoms with Crippen molar-refractivity contribution in [2.75, 3.05) is 18.9 Å². The highest BCUT2D eigenvalue weighted by atomic mass is 32.1. The lowest BCUT2D eigenvalue weighted by Crippen LogP contribution is -2.35. The van der Waals surface area contributed by atoms with Gasteiger partial charge in [0.1, 0.15) is 0 Å². The van der Waals surface area contributed by atoms with Gasteiger partial charge in [-0.15, -0.1) is 0 Å². The molecule has 2 amide bonds. The zero-order chi connectivity index (χ0) is 17.7. The predicted molar refractivity (Wildman–Crippen MR) is 99.6 cm³/mol. The third kappa shape index (κ3) is 4.93. The molecule has 0 bridgehead atoms. The number of rotatable bonds is 6. The van der Waals surface area contributed by atoms with Crippen molar-refractivity contribution in [1.29, 1.82) is 0 Å². The number of carbonyl (C=O) groups excluding carboxylic acids is 2. The van der Waals surface area contributed by atoms with Gasteiger partial charge in [-0.25, -0.2) is 0 Å². The monoisotopic (exact) mass is 344 g/mol. The first-order valence-electron chi connectivity index (χ1n) is 7.99. The number of anilines is 1. The van der Waals surface area contributed by atoms with Crippen LogP contribution < -0.4 is 5.32 Å². The lowest BCUT2D eigenvalue weighted by atomic mass is 10.1. The van der Waals surface area contributed by atoms with Crippen LogP contribution in [-0.4, -0.2) is 30.3 Å². The van der Waals surface area contributed by atoms with Crippen molar-refractivity contribution in [3.8, 4) is 0 Å². The van der Waals surface area contributed by atoms with Crippen LogP contribution in [0.1, 0.15) is 28.7 Å². The molecule has 5 heteroatoms. The van der Waals surface area contributed by atoms with E-state index in [1.54, 1.807) is 18.4 Å². The summed E-state index contributed by atoms with van der Waals surface area (Å²) < 4.78 is 0. The number of aryl methyl sites for hydroxylation is 4. The van der Waals surface area contributed by atoms with Gasteiger partial charge in [-0.2, -0.15) is 11.3 Å². The van der Waals surface area contributed by atoms with Crippen LogP contribution in [0.15, 0.2) is 29.0 Å². The molecule has 0 unspecified atom stereocenters. The first-order chi connectivity index (χ1) is 11.4. The molecule has 1 heterocycles. The maximum Gasteiger partial charge on any atom is 0.243 e. The number of hydrogen-bond acceptors (Lipinski definition) is 3. The molecule has 0 fully saturated rings. The zero-order valence-corrected chi connectivity index (χ0v) is 15.5. The fourth-order valence-corrected chi connectivity index (χ4v) is 3.44. The third-order valence-corrected chi connectivity index (χ3v) is 4.69. The Bertz CT molecular complexity index is 700. The van der Waals surface area contributed by atoms with E-state index in [1.165, 1.54) is 10.5 Å². The van der Waals surface area contributed by atoms with E-state index in [-0.39, 0.29) is 18.4 Å². The van der Waals surface area contributed by atoms with Crippen molar-refractivity contribution in [3.63, 3.8) is 0 Å². The molecule has 1 N–H and O–H groups in total. The van der Waals surface area contributed by atoms with E-state index in [2.05, 4.69) is 5.32 Å². The number of carbonyl (C=O) groups is 2. The van der Waals surface area contributed by atoms with Crippen molar-refractivity contribution in [2.45, 2.75) is 33.6 Å². The average molecular weight is 344 g/mol. The fourth-order valence-electron chi connectivity index (χ4n) is 2.74. The molecule has 0 atom stereocenters. The van der Waals surface area contributed by atoms with Crippen LogP contribution in [0.5, 0.6) is 0 Å². The summed E-state index contributed by atoms with van der Waals surface area (Å²) in [4.78, 5) is 25.9. The van der Waals surface area contributed by atoms with Gasteiger partial charge < -0.3 is 10.2 Å². The van der Waals surface area contributed by atoms with Crippen molar-refractivity contribution < 1.29 is 9.59 Å². The number of amides is 2. The Hall–Kier alpha value is -2.14. The topological polar surface area (TPSA) is 49.4 Å². The quantitative estimate of drug-likeness (QED) is 0.868. The molecule has 2 aromatic rings. The maximum absolute atomic E-state index is 12.2. The number of nitrogens with zero attached hydrogens (tertiary/aromatic N) is 1. The lowest BCUT2D eigenvalue weighted by Gasteiger charge is -2.18. The second-order valence-electron chi connectivity index (χ2n) is 6.20. The molecule has 0 spiro atoms. The summed E-state index contributed by atoms with van der Waals surface area (Å²) >= 11 is 1.63. The first kappa shape index (κ1) is 18.2. The van der Waals surface area contributed by atoms with Crippen molar-refractivity contribution in [3.05, 3.63) is 51.2 Å². The standard InChI is InChI=1S/C19H24N2O2S/c1-13-9-14(2)19(15(3)10-13)20-17(22)11-21(4)18(23)6-5-16-7-8-24-12-16/h7-10,12H,5-6,11H2,1-4H3,(H,20,22). The van der Waals surface area contributed by atoms with Crippen molar-refractivity contribution >= 4 is 28.8 Å². The lowest BCUT2D eigenvalue weighted by molar-refractivity contribution is -0.133. The van der Waals surface area contributed by atoms with E-state index in [9.17, 15) is 9.59 Å². The van der Waals surface area contributed by atoms with Crippen LogP contribution in [-0.2, 0) is 16.0 Å². The first-order valence-corrected chi connectivity index (χ1v) is 8.94. The normalized spacial score (nSPS) is 10.5. The molecule has 4 nitrogen and oxygen atoms in total. The Kier molecular flexibility index (Phi) is 6.15. The number of benzene rings is 1. The highest BCUT2D eigenvalue weighted by Gasteiger charge is 2.14. The Morgan fingerprint density at radius 3 is 2.42 bits per heavy atom. The minimum Gasteiger partial charge on any atom is -0.336 e. The average Bonchev–Trinajstić information content (AvgIpc) is 3.01. The Balaban J connectivity index is 1.88. The Morgan fingerprint density at radius 1 is 1.17 bits per heavy atom. The molecule has 24 heavy (non-hydrogen) atoms. The van der Waals surface area contributed by atoms with Gasteiger partial charge >= 0.3 is 0 Å². The van der Waals surface area contributed by atoms with Crippen LogP contribution in [0.2, 0.25) is 0 Å². The van der Waals surface area contributed by atoms with E-state index < -0.39 is 0 Å². The molecule has 0 aliphatic carbocycles. The predicted octanol–water partition coefficient (Wildman–Crippen LogP) is 3.70. The second-order valence-corrected chi connectivity index (χ2v) is 6.98. The molecule has 2 rings (SSSR count). The van der Waals surface area contributed by atoms with Crippen molar-refractivity contribution in [1.82, 2.24) is 4.90 Å². The summed E-state index contributed by atoms with van der Waals surface area (Å²) in [7, 11) is 1.67. The van der Waals surface area contributed by atoms with Gasteiger partial charge in [0.15, 0.2) is 0 Å². The van der Waals surface area contributed by atoms with E-state index in [0.29, 0.717) is 12.8 Å². The van der Waals surface area contributed by atoms with Crippen molar-refractivity contribution in [2.24, 2.45) is 0 Å². The highest BCUT2D eigenvalue weighted by Crippen LogP contribution is 2.21. The molecule has 0 radical (unpaired) electrons. The second kappa shape index (κ2) is 8.11. The zero-order valence-electron chi connectivity index (χ0n) is 14.7. The summed E-state index contributed by atoms with van der Waals surface area (Å²) in [5, 5.41) is 6.98. The van der Waals surface area contributed by atoms with E-state index in [4.69, 9.17) is 0 Å². The molecule has 0 aliphatic heterocycles. The molecule has 0 aliphatic rings. The summed E-state index contributed by atoms with van der Waals surface area (Å²) in [5.41, 5.74) is 5.24.